The average Bonchev–Trinajstić information content (AvgIpc) is 2.34. The van der Waals surface area contributed by atoms with Crippen molar-refractivity contribution in [2.45, 2.75) is 64.5 Å². The number of carbonyl (C=O) groups excluding carboxylic acids is 2. The van der Waals surface area contributed by atoms with Crippen LogP contribution < -0.4 is 5.32 Å². The molecule has 0 aliphatic heterocycles. The first-order valence-corrected chi connectivity index (χ1v) is 6.95. The highest BCUT2D eigenvalue weighted by atomic mass is 16.6. The number of amides is 1. The molecule has 0 saturated carbocycles. The molecule has 7 heteroatoms. The normalized spacial score (nSPS) is 12.4. The largest absolute Gasteiger partial charge is 0.480 e. The van der Waals surface area contributed by atoms with E-state index in [0.717, 1.165) is 0 Å². The molecule has 0 aliphatic carbocycles. The van der Waals surface area contributed by atoms with Crippen LogP contribution in [0.3, 0.4) is 0 Å². The van der Waals surface area contributed by atoms with Crippen LogP contribution in [-0.4, -0.2) is 41.9 Å². The SMILES string of the molecule is COC(=O)CCCCC[C@@H](NC(=O)OC(C)(C)C)C(=O)O. The predicted molar refractivity (Wildman–Crippen MR) is 75.9 cm³/mol. The first-order chi connectivity index (χ1) is 9.65. The Balaban J connectivity index is 4.06. The van der Waals surface area contributed by atoms with Crippen molar-refractivity contribution in [1.82, 2.24) is 5.32 Å². The molecule has 0 unspecified atom stereocenters. The molecule has 21 heavy (non-hydrogen) atoms. The summed E-state index contributed by atoms with van der Waals surface area (Å²) >= 11 is 0. The van der Waals surface area contributed by atoms with Gasteiger partial charge in [-0.05, 0) is 33.6 Å². The standard InChI is InChI=1S/C14H25NO6/c1-14(2,3)21-13(19)15-10(12(17)18)8-6-5-7-9-11(16)20-4/h10H,5-9H2,1-4H3,(H,15,19)(H,17,18)/t10-/m1/s1. The molecule has 0 aromatic heterocycles. The molecule has 0 aromatic rings. The second kappa shape index (κ2) is 9.20. The summed E-state index contributed by atoms with van der Waals surface area (Å²) in [5.41, 5.74) is -0.673. The van der Waals surface area contributed by atoms with Crippen LogP contribution in [0.4, 0.5) is 4.79 Å². The third kappa shape index (κ3) is 10.6. The van der Waals surface area contributed by atoms with Crippen molar-refractivity contribution in [2.24, 2.45) is 0 Å². The maximum Gasteiger partial charge on any atom is 0.408 e. The van der Waals surface area contributed by atoms with Crippen molar-refractivity contribution >= 4 is 18.0 Å². The summed E-state index contributed by atoms with van der Waals surface area (Å²) in [6, 6.07) is -0.988. The summed E-state index contributed by atoms with van der Waals surface area (Å²) in [6.07, 6.45) is 1.76. The number of methoxy groups -OCH3 is 1. The summed E-state index contributed by atoms with van der Waals surface area (Å²) in [6.45, 7) is 5.11. The Morgan fingerprint density at radius 2 is 1.76 bits per heavy atom. The van der Waals surface area contributed by atoms with Crippen LogP contribution in [0.25, 0.3) is 0 Å². The molecule has 0 aromatic carbocycles. The van der Waals surface area contributed by atoms with Gasteiger partial charge in [0.15, 0.2) is 0 Å². The number of ether oxygens (including phenoxy) is 2. The van der Waals surface area contributed by atoms with Crippen LogP contribution in [0, 0.1) is 0 Å². The quantitative estimate of drug-likeness (QED) is 0.526. The Labute approximate surface area is 125 Å². The Hall–Kier alpha value is -1.79. The number of carboxylic acid groups (broad SMARTS) is 1. The lowest BCUT2D eigenvalue weighted by molar-refractivity contribution is -0.141. The van der Waals surface area contributed by atoms with E-state index >= 15 is 0 Å². The van der Waals surface area contributed by atoms with E-state index in [4.69, 9.17) is 9.84 Å². The van der Waals surface area contributed by atoms with Gasteiger partial charge in [-0.15, -0.1) is 0 Å². The predicted octanol–water partition coefficient (Wildman–Crippen LogP) is 2.09. The number of nitrogens with one attached hydrogen (secondary N) is 1. The minimum atomic E-state index is -1.10. The summed E-state index contributed by atoms with van der Waals surface area (Å²) in [4.78, 5) is 33.5. The third-order valence-corrected chi connectivity index (χ3v) is 2.59. The van der Waals surface area contributed by atoms with Crippen LogP contribution in [-0.2, 0) is 19.1 Å². The van der Waals surface area contributed by atoms with Gasteiger partial charge < -0.3 is 19.9 Å². The van der Waals surface area contributed by atoms with Gasteiger partial charge in [-0.1, -0.05) is 12.8 Å². The fraction of sp³-hybridized carbons (Fsp3) is 0.786. The number of rotatable bonds is 8. The van der Waals surface area contributed by atoms with Gasteiger partial charge in [0.25, 0.3) is 0 Å². The number of esters is 1. The number of carbonyl (C=O) groups is 3. The molecule has 0 spiro atoms. The second-order valence-corrected chi connectivity index (χ2v) is 5.71. The Kier molecular flexibility index (Phi) is 8.42. The third-order valence-electron chi connectivity index (χ3n) is 2.59. The molecule has 0 radical (unpaired) electrons. The lowest BCUT2D eigenvalue weighted by Crippen LogP contribution is -2.43. The Morgan fingerprint density at radius 3 is 2.24 bits per heavy atom. The van der Waals surface area contributed by atoms with E-state index < -0.39 is 23.7 Å². The maximum atomic E-state index is 11.5. The molecule has 0 rings (SSSR count). The van der Waals surface area contributed by atoms with E-state index in [1.807, 2.05) is 0 Å². The van der Waals surface area contributed by atoms with Gasteiger partial charge in [-0.25, -0.2) is 9.59 Å². The summed E-state index contributed by atoms with van der Waals surface area (Å²) < 4.78 is 9.53. The van der Waals surface area contributed by atoms with Crippen molar-refractivity contribution in [3.63, 3.8) is 0 Å². The number of hydrogen-bond acceptors (Lipinski definition) is 5. The first-order valence-electron chi connectivity index (χ1n) is 6.95. The van der Waals surface area contributed by atoms with E-state index in [1.54, 1.807) is 20.8 Å². The molecular weight excluding hydrogens is 278 g/mol. The molecule has 7 nitrogen and oxygen atoms in total. The van der Waals surface area contributed by atoms with E-state index in [-0.39, 0.29) is 12.4 Å². The van der Waals surface area contributed by atoms with Crippen LogP contribution >= 0.6 is 0 Å². The van der Waals surface area contributed by atoms with E-state index in [0.29, 0.717) is 25.7 Å². The summed E-state index contributed by atoms with van der Waals surface area (Å²) in [7, 11) is 1.33. The van der Waals surface area contributed by atoms with Gasteiger partial charge in [0.05, 0.1) is 7.11 Å². The van der Waals surface area contributed by atoms with Crippen molar-refractivity contribution in [3.05, 3.63) is 0 Å². The molecule has 0 fully saturated rings. The van der Waals surface area contributed by atoms with Crippen LogP contribution in [0.2, 0.25) is 0 Å². The lowest BCUT2D eigenvalue weighted by atomic mass is 10.1. The van der Waals surface area contributed by atoms with Crippen LogP contribution in [0.15, 0.2) is 0 Å². The summed E-state index contributed by atoms with van der Waals surface area (Å²) in [5.74, 6) is -1.38. The van der Waals surface area contributed by atoms with E-state index in [9.17, 15) is 14.4 Å². The topological polar surface area (TPSA) is 102 Å². The molecule has 0 bridgehead atoms. The van der Waals surface area contributed by atoms with E-state index in [1.165, 1.54) is 7.11 Å². The zero-order valence-electron chi connectivity index (χ0n) is 13.1. The Morgan fingerprint density at radius 1 is 1.14 bits per heavy atom. The second-order valence-electron chi connectivity index (χ2n) is 5.71. The van der Waals surface area contributed by atoms with Crippen LogP contribution in [0.5, 0.6) is 0 Å². The molecule has 0 saturated heterocycles. The number of unbranched alkanes of at least 4 members (excludes halogenated alkanes) is 2. The number of hydrogen-bond donors (Lipinski definition) is 2. The molecule has 1 atom stereocenters. The fourth-order valence-electron chi connectivity index (χ4n) is 1.60. The number of alkyl carbamates (subject to hydrolysis) is 1. The van der Waals surface area contributed by atoms with Crippen LogP contribution in [0.1, 0.15) is 52.9 Å². The van der Waals surface area contributed by atoms with Gasteiger partial charge in [-0.2, -0.15) is 0 Å². The molecule has 0 aliphatic rings. The monoisotopic (exact) mass is 303 g/mol. The van der Waals surface area contributed by atoms with Gasteiger partial charge in [0.2, 0.25) is 0 Å². The van der Waals surface area contributed by atoms with Gasteiger partial charge in [-0.3, -0.25) is 4.79 Å². The molecular formula is C14H25NO6. The molecule has 122 valence electrons. The minimum Gasteiger partial charge on any atom is -0.480 e. The van der Waals surface area contributed by atoms with Gasteiger partial charge in [0.1, 0.15) is 11.6 Å². The zero-order valence-corrected chi connectivity index (χ0v) is 13.1. The molecule has 2 N–H and O–H groups in total. The van der Waals surface area contributed by atoms with Gasteiger partial charge >= 0.3 is 18.0 Å². The average molecular weight is 303 g/mol. The first kappa shape index (κ1) is 19.2. The highest BCUT2D eigenvalue weighted by Crippen LogP contribution is 2.10. The smallest absolute Gasteiger partial charge is 0.408 e. The number of carboxylic acids is 1. The van der Waals surface area contributed by atoms with Crippen molar-refractivity contribution in [3.8, 4) is 0 Å². The van der Waals surface area contributed by atoms with Gasteiger partial charge in [0, 0.05) is 6.42 Å². The lowest BCUT2D eigenvalue weighted by Gasteiger charge is -2.22. The zero-order chi connectivity index (χ0) is 16.5. The highest BCUT2D eigenvalue weighted by molar-refractivity contribution is 5.79. The highest BCUT2D eigenvalue weighted by Gasteiger charge is 2.23. The molecule has 1 amide bonds. The fourth-order valence-corrected chi connectivity index (χ4v) is 1.60. The molecule has 0 heterocycles. The summed E-state index contributed by atoms with van der Waals surface area (Å²) in [5, 5.41) is 11.4. The minimum absolute atomic E-state index is 0.281. The van der Waals surface area contributed by atoms with Crippen molar-refractivity contribution in [1.29, 1.82) is 0 Å². The maximum absolute atomic E-state index is 11.5. The van der Waals surface area contributed by atoms with Crippen molar-refractivity contribution in [2.75, 3.05) is 7.11 Å². The number of aliphatic carboxylic acids is 1. The van der Waals surface area contributed by atoms with E-state index in [2.05, 4.69) is 10.1 Å². The Bertz CT molecular complexity index is 361. The van der Waals surface area contributed by atoms with Crippen molar-refractivity contribution < 1.29 is 29.0 Å².